The van der Waals surface area contributed by atoms with Crippen molar-refractivity contribution >= 4 is 43.8 Å². The Morgan fingerprint density at radius 1 is 0.833 bits per heavy atom. The van der Waals surface area contributed by atoms with Gasteiger partial charge in [-0.25, -0.2) is 4.79 Å². The van der Waals surface area contributed by atoms with E-state index in [9.17, 15) is 9.59 Å². The molecule has 2 aromatic rings. The quantitative estimate of drug-likeness (QED) is 0.585. The Kier molecular flexibility index (Phi) is 7.27. The number of halogens is 2. The van der Waals surface area contributed by atoms with Gasteiger partial charge in [-0.15, -0.1) is 0 Å². The van der Waals surface area contributed by atoms with Crippen LogP contribution in [0.25, 0.3) is 0 Å². The number of carbonyl (C=O) groups is 2. The maximum atomic E-state index is 11.9. The second-order valence-electron chi connectivity index (χ2n) is 5.01. The van der Waals surface area contributed by atoms with E-state index in [-0.39, 0.29) is 11.9 Å². The van der Waals surface area contributed by atoms with Gasteiger partial charge in [0.15, 0.2) is 0 Å². The zero-order chi connectivity index (χ0) is 17.4. The monoisotopic (exact) mass is 453 g/mol. The van der Waals surface area contributed by atoms with Gasteiger partial charge in [0.05, 0.1) is 0 Å². The van der Waals surface area contributed by atoms with E-state index >= 15 is 0 Å². The Labute approximate surface area is 157 Å². The van der Waals surface area contributed by atoms with E-state index in [2.05, 4.69) is 47.8 Å². The van der Waals surface area contributed by atoms with Crippen molar-refractivity contribution in [3.8, 4) is 0 Å². The summed E-state index contributed by atoms with van der Waals surface area (Å²) in [4.78, 5) is 23.6. The van der Waals surface area contributed by atoms with Gasteiger partial charge >= 0.3 is 6.03 Å². The second kappa shape index (κ2) is 9.44. The van der Waals surface area contributed by atoms with Crippen molar-refractivity contribution < 1.29 is 9.59 Å². The van der Waals surface area contributed by atoms with Crippen molar-refractivity contribution in [2.24, 2.45) is 0 Å². The molecule has 0 heterocycles. The molecule has 0 unspecified atom stereocenters. The first-order valence-electron chi connectivity index (χ1n) is 7.34. The summed E-state index contributed by atoms with van der Waals surface area (Å²) in [5, 5.41) is 8.22. The van der Waals surface area contributed by atoms with E-state index in [0.29, 0.717) is 25.2 Å². The molecular weight excluding hydrogens is 438 g/mol. The smallest absolute Gasteiger partial charge is 0.315 e. The van der Waals surface area contributed by atoms with Gasteiger partial charge in [-0.1, -0.05) is 50.1 Å². The minimum Gasteiger partial charge on any atom is -0.350 e. The van der Waals surface area contributed by atoms with Crippen molar-refractivity contribution in [2.75, 3.05) is 13.1 Å². The van der Waals surface area contributed by atoms with Gasteiger partial charge in [-0.2, -0.15) is 0 Å². The van der Waals surface area contributed by atoms with Crippen LogP contribution in [0.1, 0.15) is 15.9 Å². The molecule has 0 aliphatic rings. The predicted octanol–water partition coefficient (Wildman–Crippen LogP) is 3.44. The molecule has 0 spiro atoms. The summed E-state index contributed by atoms with van der Waals surface area (Å²) in [5.74, 6) is -0.173. The zero-order valence-electron chi connectivity index (χ0n) is 12.8. The van der Waals surface area contributed by atoms with E-state index in [1.165, 1.54) is 0 Å². The number of hydrogen-bond acceptors (Lipinski definition) is 2. The van der Waals surface area contributed by atoms with Gasteiger partial charge < -0.3 is 16.0 Å². The van der Waals surface area contributed by atoms with Gasteiger partial charge in [0.1, 0.15) is 0 Å². The number of carbonyl (C=O) groups excluding carboxylic acids is 2. The van der Waals surface area contributed by atoms with Gasteiger partial charge in [-0.3, -0.25) is 4.79 Å². The van der Waals surface area contributed by atoms with Gasteiger partial charge in [0, 0.05) is 34.1 Å². The van der Waals surface area contributed by atoms with Crippen molar-refractivity contribution in [1.29, 1.82) is 0 Å². The van der Waals surface area contributed by atoms with Gasteiger partial charge in [0.25, 0.3) is 5.91 Å². The first-order valence-corrected chi connectivity index (χ1v) is 8.93. The van der Waals surface area contributed by atoms with Crippen LogP contribution in [0.3, 0.4) is 0 Å². The molecule has 2 aromatic carbocycles. The highest BCUT2D eigenvalue weighted by atomic mass is 79.9. The lowest BCUT2D eigenvalue weighted by molar-refractivity contribution is 0.0953. The van der Waals surface area contributed by atoms with Crippen LogP contribution in [0.4, 0.5) is 4.79 Å². The Morgan fingerprint density at radius 2 is 1.50 bits per heavy atom. The number of nitrogens with one attached hydrogen (secondary N) is 3. The summed E-state index contributed by atoms with van der Waals surface area (Å²) >= 11 is 6.71. The molecule has 0 bridgehead atoms. The van der Waals surface area contributed by atoms with Crippen molar-refractivity contribution in [3.05, 3.63) is 68.6 Å². The Morgan fingerprint density at radius 3 is 2.21 bits per heavy atom. The van der Waals surface area contributed by atoms with Crippen LogP contribution in [-0.4, -0.2) is 25.0 Å². The van der Waals surface area contributed by atoms with Crippen molar-refractivity contribution in [3.63, 3.8) is 0 Å². The molecule has 0 atom stereocenters. The van der Waals surface area contributed by atoms with Crippen LogP contribution in [0.2, 0.25) is 0 Å². The van der Waals surface area contributed by atoms with E-state index in [1.807, 2.05) is 30.3 Å². The van der Waals surface area contributed by atoms with E-state index < -0.39 is 0 Å². The number of amides is 3. The molecule has 24 heavy (non-hydrogen) atoms. The van der Waals surface area contributed by atoms with Crippen molar-refractivity contribution in [1.82, 2.24) is 16.0 Å². The largest absolute Gasteiger partial charge is 0.350 e. The number of hydrogen-bond donors (Lipinski definition) is 3. The molecule has 2 rings (SSSR count). The van der Waals surface area contributed by atoms with E-state index in [0.717, 1.165) is 14.5 Å². The number of rotatable bonds is 6. The third kappa shape index (κ3) is 6.33. The molecule has 0 saturated heterocycles. The number of benzene rings is 2. The third-order valence-electron chi connectivity index (χ3n) is 3.13. The Hall–Kier alpha value is -1.86. The lowest BCUT2D eigenvalue weighted by Crippen LogP contribution is -2.40. The summed E-state index contributed by atoms with van der Waals surface area (Å²) in [6.45, 7) is 1.15. The summed E-state index contributed by atoms with van der Waals surface area (Å²) < 4.78 is 1.82. The van der Waals surface area contributed by atoms with Crippen molar-refractivity contribution in [2.45, 2.75) is 6.54 Å². The molecule has 0 aliphatic heterocycles. The topological polar surface area (TPSA) is 70.2 Å². The fourth-order valence-electron chi connectivity index (χ4n) is 1.98. The molecular formula is C17H17Br2N3O2. The molecule has 3 amide bonds. The maximum absolute atomic E-state index is 11.9. The highest BCUT2D eigenvalue weighted by Gasteiger charge is 2.05. The molecule has 0 radical (unpaired) electrons. The Balaban J connectivity index is 1.65. The molecule has 5 nitrogen and oxygen atoms in total. The number of urea groups is 1. The predicted molar refractivity (Wildman–Crippen MR) is 101 cm³/mol. The third-order valence-corrected chi connectivity index (χ3v) is 4.11. The van der Waals surface area contributed by atoms with E-state index in [1.54, 1.807) is 18.2 Å². The first kappa shape index (κ1) is 18.5. The molecule has 0 saturated carbocycles. The lowest BCUT2D eigenvalue weighted by atomic mass is 10.2. The molecule has 7 heteroatoms. The maximum Gasteiger partial charge on any atom is 0.315 e. The molecule has 0 aromatic heterocycles. The van der Waals surface area contributed by atoms with Crippen LogP contribution in [0.15, 0.2) is 57.5 Å². The average molecular weight is 455 g/mol. The summed E-state index contributed by atoms with van der Waals surface area (Å²) in [7, 11) is 0. The fraction of sp³-hybridized carbons (Fsp3) is 0.176. The lowest BCUT2D eigenvalue weighted by Gasteiger charge is -2.09. The highest BCUT2D eigenvalue weighted by molar-refractivity contribution is 9.10. The average Bonchev–Trinajstić information content (AvgIpc) is 2.57. The van der Waals surface area contributed by atoms with Crippen LogP contribution >= 0.6 is 31.9 Å². The summed E-state index contributed by atoms with van der Waals surface area (Å²) in [5.41, 5.74) is 1.57. The SMILES string of the molecule is O=C(NCCNC(=O)c1cccc(Br)c1)NCc1cccc(Br)c1. The molecule has 0 aliphatic carbocycles. The van der Waals surface area contributed by atoms with Crippen LogP contribution < -0.4 is 16.0 Å². The summed E-state index contributed by atoms with van der Waals surface area (Å²) in [6.07, 6.45) is 0. The fourth-order valence-corrected chi connectivity index (χ4v) is 2.82. The molecule has 0 fully saturated rings. The molecule has 126 valence electrons. The normalized spacial score (nSPS) is 10.1. The van der Waals surface area contributed by atoms with Gasteiger partial charge in [-0.05, 0) is 35.9 Å². The minimum atomic E-state index is -0.272. The second-order valence-corrected chi connectivity index (χ2v) is 6.84. The Bertz CT molecular complexity index is 722. The molecule has 3 N–H and O–H groups in total. The summed E-state index contributed by atoms with van der Waals surface area (Å²) in [6, 6.07) is 14.6. The zero-order valence-corrected chi connectivity index (χ0v) is 16.0. The minimum absolute atomic E-state index is 0.173. The van der Waals surface area contributed by atoms with Crippen LogP contribution in [0, 0.1) is 0 Å². The first-order chi connectivity index (χ1) is 11.5. The van der Waals surface area contributed by atoms with Crippen LogP contribution in [0.5, 0.6) is 0 Å². The highest BCUT2D eigenvalue weighted by Crippen LogP contribution is 2.12. The standard InChI is InChI=1S/C17H17Br2N3O2/c18-14-5-1-3-12(9-14)11-22-17(24)21-8-7-20-16(23)13-4-2-6-15(19)10-13/h1-6,9-10H,7-8,11H2,(H,20,23)(H2,21,22,24). The van der Waals surface area contributed by atoms with Crippen LogP contribution in [-0.2, 0) is 6.54 Å². The van der Waals surface area contributed by atoms with Gasteiger partial charge in [0.2, 0.25) is 0 Å². The van der Waals surface area contributed by atoms with E-state index in [4.69, 9.17) is 0 Å².